The van der Waals surface area contributed by atoms with E-state index in [0.29, 0.717) is 0 Å². The molecular weight excluding hydrogens is 122 g/mol. The summed E-state index contributed by atoms with van der Waals surface area (Å²) in [5.74, 6) is 0. The van der Waals surface area contributed by atoms with Gasteiger partial charge in [-0.1, -0.05) is 20.4 Å². The van der Waals surface area contributed by atoms with Crippen LogP contribution in [0.1, 0.15) is 20.8 Å². The highest BCUT2D eigenvalue weighted by Crippen LogP contribution is 1.98. The molecule has 0 unspecified atom stereocenters. The second-order valence-electron chi connectivity index (χ2n) is 1.83. The summed E-state index contributed by atoms with van der Waals surface area (Å²) in [4.78, 5) is 0. The van der Waals surface area contributed by atoms with Gasteiger partial charge in [-0.3, -0.25) is 0 Å². The monoisotopic (exact) mass is 137 g/mol. The first-order chi connectivity index (χ1) is 4.80. The van der Waals surface area contributed by atoms with Gasteiger partial charge in [-0.15, -0.1) is 0 Å². The first kappa shape index (κ1) is 9.02. The molecule has 1 rings (SSSR count). The fourth-order valence-electron chi connectivity index (χ4n) is 0.589. The van der Waals surface area contributed by atoms with Crippen LogP contribution in [0, 0.1) is 0 Å². The van der Waals surface area contributed by atoms with Crippen LogP contribution in [0.4, 0.5) is 0 Å². The molecule has 0 atom stereocenters. The van der Waals surface area contributed by atoms with Crippen LogP contribution in [0.15, 0.2) is 31.1 Å². The van der Waals surface area contributed by atoms with E-state index in [1.165, 1.54) is 0 Å². The van der Waals surface area contributed by atoms with E-state index in [0.717, 1.165) is 5.70 Å². The van der Waals surface area contributed by atoms with Gasteiger partial charge in [0.2, 0.25) is 0 Å². The third-order valence-electron chi connectivity index (χ3n) is 1.05. The minimum absolute atomic E-state index is 1.05. The van der Waals surface area contributed by atoms with Crippen molar-refractivity contribution in [3.8, 4) is 0 Å². The Morgan fingerprint density at radius 1 is 1.20 bits per heavy atom. The maximum absolute atomic E-state index is 3.76. The molecule has 0 amide bonds. The van der Waals surface area contributed by atoms with Gasteiger partial charge in [0.15, 0.2) is 0 Å². The number of hydrogen-bond donors (Lipinski definition) is 0. The summed E-state index contributed by atoms with van der Waals surface area (Å²) in [6.07, 6.45) is 3.95. The van der Waals surface area contributed by atoms with Crippen molar-refractivity contribution in [1.29, 1.82) is 0 Å². The van der Waals surface area contributed by atoms with Gasteiger partial charge in [0.05, 0.1) is 0 Å². The lowest BCUT2D eigenvalue weighted by atomic mass is 10.6. The lowest BCUT2D eigenvalue weighted by Gasteiger charge is -1.95. The van der Waals surface area contributed by atoms with Crippen molar-refractivity contribution >= 4 is 5.70 Å². The molecule has 0 aliphatic carbocycles. The van der Waals surface area contributed by atoms with Crippen LogP contribution >= 0.6 is 0 Å². The van der Waals surface area contributed by atoms with E-state index >= 15 is 0 Å². The SMILES string of the molecule is C=C(C)n1cccc1.CC. The molecule has 1 heteroatoms. The predicted octanol–water partition coefficient (Wildman–Crippen LogP) is 3.00. The molecule has 0 radical (unpaired) electrons. The van der Waals surface area contributed by atoms with Crippen LogP contribution in [0.3, 0.4) is 0 Å². The molecule has 0 aliphatic heterocycles. The zero-order valence-electron chi connectivity index (χ0n) is 6.96. The molecule has 10 heavy (non-hydrogen) atoms. The van der Waals surface area contributed by atoms with Crippen molar-refractivity contribution in [3.63, 3.8) is 0 Å². The summed E-state index contributed by atoms with van der Waals surface area (Å²) < 4.78 is 1.97. The van der Waals surface area contributed by atoms with Gasteiger partial charge in [0.25, 0.3) is 0 Å². The van der Waals surface area contributed by atoms with Gasteiger partial charge < -0.3 is 4.57 Å². The van der Waals surface area contributed by atoms with E-state index in [1.54, 1.807) is 0 Å². The van der Waals surface area contributed by atoms with Gasteiger partial charge in [0, 0.05) is 18.1 Å². The van der Waals surface area contributed by atoms with Gasteiger partial charge in [0.1, 0.15) is 0 Å². The molecule has 0 bridgehead atoms. The Morgan fingerprint density at radius 2 is 1.60 bits per heavy atom. The third kappa shape index (κ3) is 2.53. The standard InChI is InChI=1S/C7H9N.C2H6/c1-7(2)8-5-3-4-6-8;1-2/h3-6H,1H2,2H3;1-2H3. The van der Waals surface area contributed by atoms with Crippen molar-refractivity contribution in [2.75, 3.05) is 0 Å². The van der Waals surface area contributed by atoms with Crippen molar-refractivity contribution < 1.29 is 0 Å². The molecule has 1 heterocycles. The molecule has 0 saturated heterocycles. The molecule has 0 spiro atoms. The van der Waals surface area contributed by atoms with Crippen LogP contribution in [0.5, 0.6) is 0 Å². The highest BCUT2D eigenvalue weighted by Gasteiger charge is 1.82. The molecule has 0 fully saturated rings. The second kappa shape index (κ2) is 4.86. The Hall–Kier alpha value is -0.980. The Kier molecular flexibility index (Phi) is 4.38. The van der Waals surface area contributed by atoms with E-state index in [-0.39, 0.29) is 0 Å². The largest absolute Gasteiger partial charge is 0.328 e. The zero-order chi connectivity index (χ0) is 7.98. The minimum atomic E-state index is 1.05. The first-order valence-corrected chi connectivity index (χ1v) is 3.59. The average Bonchev–Trinajstić information content (AvgIpc) is 2.42. The fourth-order valence-corrected chi connectivity index (χ4v) is 0.589. The summed E-state index contributed by atoms with van der Waals surface area (Å²) in [5.41, 5.74) is 1.05. The third-order valence-corrected chi connectivity index (χ3v) is 1.05. The highest BCUT2D eigenvalue weighted by atomic mass is 14.9. The first-order valence-electron chi connectivity index (χ1n) is 3.59. The number of nitrogens with zero attached hydrogens (tertiary/aromatic N) is 1. The van der Waals surface area contributed by atoms with Crippen LogP contribution in [0.2, 0.25) is 0 Å². The van der Waals surface area contributed by atoms with E-state index in [1.807, 2.05) is 49.9 Å². The van der Waals surface area contributed by atoms with E-state index in [9.17, 15) is 0 Å². The van der Waals surface area contributed by atoms with Gasteiger partial charge in [-0.25, -0.2) is 0 Å². The van der Waals surface area contributed by atoms with Gasteiger partial charge in [-0.2, -0.15) is 0 Å². The molecule has 0 aliphatic rings. The summed E-state index contributed by atoms with van der Waals surface area (Å²) >= 11 is 0. The van der Waals surface area contributed by atoms with E-state index < -0.39 is 0 Å². The fraction of sp³-hybridized carbons (Fsp3) is 0.333. The number of allylic oxidation sites excluding steroid dienone is 1. The summed E-state index contributed by atoms with van der Waals surface area (Å²) in [7, 11) is 0. The molecule has 0 N–H and O–H groups in total. The molecule has 1 nitrogen and oxygen atoms in total. The van der Waals surface area contributed by atoms with Gasteiger partial charge >= 0.3 is 0 Å². The molecule has 0 aromatic carbocycles. The molecule has 56 valence electrons. The van der Waals surface area contributed by atoms with Gasteiger partial charge in [-0.05, 0) is 19.1 Å². The quantitative estimate of drug-likeness (QED) is 0.560. The predicted molar refractivity (Wildman–Crippen MR) is 46.8 cm³/mol. The van der Waals surface area contributed by atoms with Crippen molar-refractivity contribution in [3.05, 3.63) is 31.1 Å². The van der Waals surface area contributed by atoms with Crippen molar-refractivity contribution in [2.24, 2.45) is 0 Å². The second-order valence-corrected chi connectivity index (χ2v) is 1.83. The smallest absolute Gasteiger partial charge is 0.0117 e. The maximum atomic E-state index is 3.76. The normalized spacial score (nSPS) is 7.90. The van der Waals surface area contributed by atoms with Crippen molar-refractivity contribution in [1.82, 2.24) is 4.57 Å². The van der Waals surface area contributed by atoms with E-state index in [4.69, 9.17) is 0 Å². The lowest BCUT2D eigenvalue weighted by molar-refractivity contribution is 1.11. The number of hydrogen-bond acceptors (Lipinski definition) is 0. The molecule has 1 aromatic rings. The molecule has 1 aromatic heterocycles. The van der Waals surface area contributed by atoms with Crippen LogP contribution in [-0.4, -0.2) is 4.57 Å². The topological polar surface area (TPSA) is 4.93 Å². The van der Waals surface area contributed by atoms with Crippen LogP contribution < -0.4 is 0 Å². The Balaban J connectivity index is 0.000000371. The highest BCUT2D eigenvalue weighted by molar-refractivity contribution is 5.37. The number of aromatic nitrogens is 1. The average molecular weight is 137 g/mol. The Bertz CT molecular complexity index is 173. The number of rotatable bonds is 1. The zero-order valence-corrected chi connectivity index (χ0v) is 6.96. The lowest BCUT2D eigenvalue weighted by Crippen LogP contribution is -1.83. The van der Waals surface area contributed by atoms with Crippen molar-refractivity contribution in [2.45, 2.75) is 20.8 Å². The Morgan fingerprint density at radius 3 is 1.80 bits per heavy atom. The van der Waals surface area contributed by atoms with E-state index in [2.05, 4.69) is 6.58 Å². The maximum Gasteiger partial charge on any atom is 0.0117 e. The Labute approximate surface area is 63.0 Å². The van der Waals surface area contributed by atoms with Crippen LogP contribution in [-0.2, 0) is 0 Å². The summed E-state index contributed by atoms with van der Waals surface area (Å²) in [6.45, 7) is 9.73. The molecular formula is C9H15N. The summed E-state index contributed by atoms with van der Waals surface area (Å²) in [6, 6.07) is 3.96. The van der Waals surface area contributed by atoms with Crippen LogP contribution in [0.25, 0.3) is 5.70 Å². The summed E-state index contributed by atoms with van der Waals surface area (Å²) in [5, 5.41) is 0. The minimum Gasteiger partial charge on any atom is -0.328 e. The molecule has 0 saturated carbocycles.